The van der Waals surface area contributed by atoms with Crippen molar-refractivity contribution in [2.24, 2.45) is 0 Å². The van der Waals surface area contributed by atoms with Crippen LogP contribution < -0.4 is 4.90 Å². The molecule has 26 heavy (non-hydrogen) atoms. The van der Waals surface area contributed by atoms with Crippen LogP contribution in [-0.2, 0) is 4.79 Å². The summed E-state index contributed by atoms with van der Waals surface area (Å²) in [6.45, 7) is 0. The molecule has 1 aromatic carbocycles. The minimum absolute atomic E-state index is 0.125. The molecule has 8 heteroatoms. The van der Waals surface area contributed by atoms with Crippen molar-refractivity contribution in [3.63, 3.8) is 0 Å². The van der Waals surface area contributed by atoms with Crippen LogP contribution in [0.2, 0.25) is 0 Å². The minimum atomic E-state index is -1.08. The second-order valence-corrected chi connectivity index (χ2v) is 7.30. The molecule has 1 amide bonds. The quantitative estimate of drug-likeness (QED) is 0.685. The number of nitrogens with zero attached hydrogens (tertiary/aromatic N) is 2. The van der Waals surface area contributed by atoms with E-state index in [0.29, 0.717) is 4.88 Å². The van der Waals surface area contributed by atoms with Crippen LogP contribution in [0.5, 0.6) is 0 Å². The first kappa shape index (κ1) is 16.6. The number of ketones is 1. The molecule has 5 nitrogen and oxygen atoms in total. The average molecular weight is 386 g/mol. The lowest BCUT2D eigenvalue weighted by Gasteiger charge is -2.24. The van der Waals surface area contributed by atoms with Crippen LogP contribution in [0.3, 0.4) is 0 Å². The summed E-state index contributed by atoms with van der Waals surface area (Å²) in [6, 6.07) is 8.10. The van der Waals surface area contributed by atoms with Gasteiger partial charge in [-0.2, -0.15) is 0 Å². The molecule has 2 aromatic heterocycles. The van der Waals surface area contributed by atoms with E-state index in [9.17, 15) is 19.1 Å². The van der Waals surface area contributed by atoms with E-state index in [1.54, 1.807) is 29.0 Å². The first-order valence-corrected chi connectivity index (χ1v) is 9.34. The molecule has 0 bridgehead atoms. The molecule has 0 saturated carbocycles. The first-order valence-electron chi connectivity index (χ1n) is 7.58. The number of carbonyl (C=O) groups excluding carboxylic acids is 2. The Kier molecular flexibility index (Phi) is 4.14. The normalized spacial score (nSPS) is 17.2. The van der Waals surface area contributed by atoms with Crippen molar-refractivity contribution in [2.75, 3.05) is 4.90 Å². The van der Waals surface area contributed by atoms with Gasteiger partial charge in [0.2, 0.25) is 5.78 Å². The molecule has 1 aliphatic heterocycles. The Morgan fingerprint density at radius 3 is 2.62 bits per heavy atom. The molecule has 3 aromatic rings. The van der Waals surface area contributed by atoms with Gasteiger partial charge in [0.25, 0.3) is 5.91 Å². The predicted octanol–water partition coefficient (Wildman–Crippen LogP) is 4.13. The second-order valence-electron chi connectivity index (χ2n) is 5.48. The number of rotatable bonds is 4. The first-order chi connectivity index (χ1) is 12.6. The van der Waals surface area contributed by atoms with E-state index in [1.807, 2.05) is 0 Å². The Morgan fingerprint density at radius 1 is 1.15 bits per heavy atom. The van der Waals surface area contributed by atoms with Crippen molar-refractivity contribution in [3.8, 4) is 0 Å². The molecule has 1 aliphatic rings. The van der Waals surface area contributed by atoms with Crippen molar-refractivity contribution in [1.82, 2.24) is 4.98 Å². The topological polar surface area (TPSA) is 70.5 Å². The average Bonchev–Trinajstić information content (AvgIpc) is 3.37. The van der Waals surface area contributed by atoms with Gasteiger partial charge in [0.1, 0.15) is 11.9 Å². The lowest BCUT2D eigenvalue weighted by molar-refractivity contribution is -0.117. The fraction of sp³-hybridized carbons (Fsp3) is 0.0556. The lowest BCUT2D eigenvalue weighted by Crippen LogP contribution is -2.31. The zero-order valence-corrected chi connectivity index (χ0v) is 14.8. The van der Waals surface area contributed by atoms with E-state index in [0.717, 1.165) is 0 Å². The van der Waals surface area contributed by atoms with Gasteiger partial charge in [0.05, 0.1) is 10.5 Å². The van der Waals surface area contributed by atoms with Gasteiger partial charge in [0.15, 0.2) is 10.9 Å². The van der Waals surface area contributed by atoms with Crippen LogP contribution in [0.4, 0.5) is 9.52 Å². The van der Waals surface area contributed by atoms with Gasteiger partial charge in [-0.3, -0.25) is 14.5 Å². The van der Waals surface area contributed by atoms with Crippen LogP contribution >= 0.6 is 22.7 Å². The number of amides is 1. The smallest absolute Gasteiger partial charge is 0.296 e. The van der Waals surface area contributed by atoms with Crippen molar-refractivity contribution in [2.45, 2.75) is 6.04 Å². The van der Waals surface area contributed by atoms with Crippen molar-refractivity contribution in [1.29, 1.82) is 0 Å². The highest BCUT2D eigenvalue weighted by Crippen LogP contribution is 2.43. The molecule has 0 aliphatic carbocycles. The molecule has 1 atom stereocenters. The summed E-state index contributed by atoms with van der Waals surface area (Å²) < 4.78 is 14.5. The standard InChI is InChI=1S/C18H11FN2O3S2/c19-11-5-2-1-4-10(11)14-13(15(22)12-6-3-8-25-12)16(23)17(24)21(14)18-20-7-9-26-18/h1-9,14,23H. The molecule has 3 heterocycles. The summed E-state index contributed by atoms with van der Waals surface area (Å²) in [5.74, 6) is -2.52. The van der Waals surface area contributed by atoms with Gasteiger partial charge < -0.3 is 5.11 Å². The zero-order chi connectivity index (χ0) is 18.3. The highest BCUT2D eigenvalue weighted by atomic mass is 32.1. The molecule has 1 unspecified atom stereocenters. The van der Waals surface area contributed by atoms with Gasteiger partial charge in [-0.1, -0.05) is 24.3 Å². The fourth-order valence-electron chi connectivity index (χ4n) is 2.90. The van der Waals surface area contributed by atoms with Crippen LogP contribution in [-0.4, -0.2) is 21.8 Å². The minimum Gasteiger partial charge on any atom is -0.503 e. The Balaban J connectivity index is 1.91. The highest BCUT2D eigenvalue weighted by molar-refractivity contribution is 7.14. The summed E-state index contributed by atoms with van der Waals surface area (Å²) in [4.78, 5) is 31.3. The summed E-state index contributed by atoms with van der Waals surface area (Å²) in [7, 11) is 0. The van der Waals surface area contributed by atoms with E-state index < -0.39 is 29.3 Å². The van der Waals surface area contributed by atoms with Gasteiger partial charge in [-0.05, 0) is 17.5 Å². The van der Waals surface area contributed by atoms with Crippen LogP contribution in [0, 0.1) is 5.82 Å². The summed E-state index contributed by atoms with van der Waals surface area (Å²) in [5.41, 5.74) is -0.0160. The third kappa shape index (κ3) is 2.54. The number of thiazole rings is 1. The van der Waals surface area contributed by atoms with Gasteiger partial charge >= 0.3 is 0 Å². The fourth-order valence-corrected chi connectivity index (χ4v) is 4.25. The van der Waals surface area contributed by atoms with Crippen molar-refractivity contribution in [3.05, 3.63) is 80.9 Å². The van der Waals surface area contributed by atoms with E-state index in [-0.39, 0.29) is 16.3 Å². The van der Waals surface area contributed by atoms with Crippen molar-refractivity contribution >= 4 is 39.5 Å². The zero-order valence-electron chi connectivity index (χ0n) is 13.1. The Labute approximate surface area is 155 Å². The number of Topliss-reactive ketones (excluding diaryl/α,β-unsaturated/α-hetero) is 1. The van der Waals surface area contributed by atoms with E-state index in [1.165, 1.54) is 52.0 Å². The monoisotopic (exact) mass is 386 g/mol. The number of halogens is 1. The number of thiophene rings is 1. The second kappa shape index (κ2) is 6.47. The molecule has 130 valence electrons. The number of hydrogen-bond donors (Lipinski definition) is 1. The number of carbonyl (C=O) groups is 2. The lowest BCUT2D eigenvalue weighted by atomic mass is 9.95. The number of anilines is 1. The maximum Gasteiger partial charge on any atom is 0.296 e. The van der Waals surface area contributed by atoms with Crippen LogP contribution in [0.1, 0.15) is 21.3 Å². The maximum atomic E-state index is 14.5. The predicted molar refractivity (Wildman–Crippen MR) is 97.0 cm³/mol. The van der Waals surface area contributed by atoms with Gasteiger partial charge in [-0.15, -0.1) is 22.7 Å². The third-order valence-electron chi connectivity index (χ3n) is 4.02. The van der Waals surface area contributed by atoms with Gasteiger partial charge in [-0.25, -0.2) is 9.37 Å². The number of benzene rings is 1. The Morgan fingerprint density at radius 2 is 1.96 bits per heavy atom. The molecule has 0 spiro atoms. The summed E-state index contributed by atoms with van der Waals surface area (Å²) in [5, 5.41) is 14.1. The number of aliphatic hydroxyl groups is 1. The molecule has 4 rings (SSSR count). The molecule has 0 saturated heterocycles. The third-order valence-corrected chi connectivity index (χ3v) is 5.66. The molecule has 1 N–H and O–H groups in total. The molecular formula is C18H11FN2O3S2. The van der Waals surface area contributed by atoms with Gasteiger partial charge in [0, 0.05) is 17.1 Å². The Bertz CT molecular complexity index is 1010. The number of hydrogen-bond acceptors (Lipinski definition) is 6. The number of aromatic nitrogens is 1. The van der Waals surface area contributed by atoms with E-state index in [2.05, 4.69) is 4.98 Å². The summed E-state index contributed by atoms with van der Waals surface area (Å²) >= 11 is 2.36. The molecule has 0 radical (unpaired) electrons. The SMILES string of the molecule is O=C(C1=C(O)C(=O)N(c2nccs2)C1c1ccccc1F)c1cccs1. The van der Waals surface area contributed by atoms with Crippen LogP contribution in [0.15, 0.2) is 64.7 Å². The highest BCUT2D eigenvalue weighted by Gasteiger charge is 2.46. The Hall–Kier alpha value is -2.84. The van der Waals surface area contributed by atoms with E-state index in [4.69, 9.17) is 0 Å². The summed E-state index contributed by atoms with van der Waals surface area (Å²) in [6.07, 6.45) is 1.50. The van der Waals surface area contributed by atoms with Crippen molar-refractivity contribution < 1.29 is 19.1 Å². The van der Waals surface area contributed by atoms with Crippen LogP contribution in [0.25, 0.3) is 0 Å². The molecular weight excluding hydrogens is 375 g/mol. The molecule has 0 fully saturated rings. The largest absolute Gasteiger partial charge is 0.503 e. The van der Waals surface area contributed by atoms with E-state index >= 15 is 0 Å². The maximum absolute atomic E-state index is 14.5. The number of aliphatic hydroxyl groups excluding tert-OH is 1.